The lowest BCUT2D eigenvalue weighted by Gasteiger charge is -2.09. The molecule has 0 aliphatic carbocycles. The number of aryl methyl sites for hydroxylation is 1. The smallest absolute Gasteiger partial charge is 0.222 e. The van der Waals surface area contributed by atoms with Crippen molar-refractivity contribution in [1.29, 1.82) is 0 Å². The van der Waals surface area contributed by atoms with Crippen molar-refractivity contribution in [2.75, 3.05) is 20.6 Å². The first-order valence-corrected chi connectivity index (χ1v) is 5.42. The van der Waals surface area contributed by atoms with Crippen molar-refractivity contribution in [3.8, 4) is 0 Å². The maximum atomic E-state index is 11.3. The summed E-state index contributed by atoms with van der Waals surface area (Å²) in [6, 6.07) is 1.90. The zero-order valence-corrected chi connectivity index (χ0v) is 10.1. The molecule has 1 rings (SSSR count). The summed E-state index contributed by atoms with van der Waals surface area (Å²) in [6.45, 7) is 3.37. The number of hydrogen-bond donors (Lipinski definition) is 1. The normalized spacial score (nSPS) is 10.4. The molecule has 0 aromatic carbocycles. The van der Waals surface area contributed by atoms with Crippen molar-refractivity contribution < 1.29 is 9.32 Å². The Bertz CT molecular complexity index is 334. The van der Waals surface area contributed by atoms with Gasteiger partial charge in [-0.15, -0.1) is 0 Å². The molecular weight excluding hydrogens is 206 g/mol. The quantitative estimate of drug-likeness (QED) is 0.732. The number of aromatic nitrogens is 1. The molecule has 16 heavy (non-hydrogen) atoms. The monoisotopic (exact) mass is 225 g/mol. The Hall–Kier alpha value is -1.36. The molecule has 0 bridgehead atoms. The van der Waals surface area contributed by atoms with Crippen LogP contribution in [0.15, 0.2) is 10.6 Å². The van der Waals surface area contributed by atoms with E-state index >= 15 is 0 Å². The summed E-state index contributed by atoms with van der Waals surface area (Å²) in [5.41, 5.74) is 0.899. The molecule has 1 amide bonds. The van der Waals surface area contributed by atoms with Crippen molar-refractivity contribution in [2.24, 2.45) is 0 Å². The largest absolute Gasteiger partial charge is 0.361 e. The van der Waals surface area contributed by atoms with Gasteiger partial charge in [-0.2, -0.15) is 0 Å². The summed E-state index contributed by atoms with van der Waals surface area (Å²) in [7, 11) is 3.54. The average molecular weight is 225 g/mol. The summed E-state index contributed by atoms with van der Waals surface area (Å²) in [5, 5.41) is 7.08. The van der Waals surface area contributed by atoms with Crippen LogP contribution < -0.4 is 5.32 Å². The van der Waals surface area contributed by atoms with Crippen LogP contribution in [0, 0.1) is 6.92 Å². The number of nitrogens with one attached hydrogen (secondary N) is 1. The molecule has 0 saturated carbocycles. The fraction of sp³-hybridized carbons (Fsp3) is 0.636. The fourth-order valence-corrected chi connectivity index (χ4v) is 1.31. The summed E-state index contributed by atoms with van der Waals surface area (Å²) in [5.74, 6) is 0.985. The highest BCUT2D eigenvalue weighted by Gasteiger charge is 2.03. The van der Waals surface area contributed by atoms with Crippen molar-refractivity contribution >= 4 is 5.91 Å². The lowest BCUT2D eigenvalue weighted by Crippen LogP contribution is -2.23. The molecule has 90 valence electrons. The molecule has 0 fully saturated rings. The second kappa shape index (κ2) is 6.27. The van der Waals surface area contributed by atoms with Gasteiger partial charge in [0.1, 0.15) is 5.76 Å². The highest BCUT2D eigenvalue weighted by molar-refractivity contribution is 5.75. The van der Waals surface area contributed by atoms with E-state index in [1.165, 1.54) is 0 Å². The molecule has 1 heterocycles. The van der Waals surface area contributed by atoms with Gasteiger partial charge >= 0.3 is 0 Å². The summed E-state index contributed by atoms with van der Waals surface area (Å²) >= 11 is 0. The lowest BCUT2D eigenvalue weighted by molar-refractivity contribution is -0.128. The lowest BCUT2D eigenvalue weighted by atomic mass is 10.3. The zero-order chi connectivity index (χ0) is 12.0. The topological polar surface area (TPSA) is 58.4 Å². The van der Waals surface area contributed by atoms with Crippen LogP contribution in [-0.2, 0) is 11.3 Å². The van der Waals surface area contributed by atoms with Gasteiger partial charge in [-0.25, -0.2) is 0 Å². The van der Waals surface area contributed by atoms with Crippen molar-refractivity contribution in [3.63, 3.8) is 0 Å². The van der Waals surface area contributed by atoms with Crippen LogP contribution in [0.5, 0.6) is 0 Å². The van der Waals surface area contributed by atoms with Gasteiger partial charge in [-0.05, 0) is 19.9 Å². The first-order valence-electron chi connectivity index (χ1n) is 5.42. The predicted octanol–water partition coefficient (Wildman–Crippen LogP) is 0.941. The minimum Gasteiger partial charge on any atom is -0.361 e. The molecule has 0 aliphatic rings. The molecule has 5 nitrogen and oxygen atoms in total. The number of rotatable bonds is 6. The van der Waals surface area contributed by atoms with E-state index in [9.17, 15) is 4.79 Å². The maximum absolute atomic E-state index is 11.3. The van der Waals surface area contributed by atoms with Gasteiger partial charge in [0.15, 0.2) is 0 Å². The highest BCUT2D eigenvalue weighted by atomic mass is 16.5. The summed E-state index contributed by atoms with van der Waals surface area (Å²) in [6.07, 6.45) is 1.42. The van der Waals surface area contributed by atoms with E-state index in [1.54, 1.807) is 19.0 Å². The Kier molecular flexibility index (Phi) is 4.98. The molecule has 0 atom stereocenters. The SMILES string of the molecule is Cc1cc(CNCCCC(=O)N(C)C)no1. The van der Waals surface area contributed by atoms with Crippen LogP contribution >= 0.6 is 0 Å². The third kappa shape index (κ3) is 4.44. The van der Waals surface area contributed by atoms with E-state index in [2.05, 4.69) is 10.5 Å². The minimum atomic E-state index is 0.166. The fourth-order valence-electron chi connectivity index (χ4n) is 1.31. The van der Waals surface area contributed by atoms with E-state index in [0.717, 1.165) is 24.4 Å². The third-order valence-corrected chi connectivity index (χ3v) is 2.23. The average Bonchev–Trinajstić information content (AvgIpc) is 2.63. The molecule has 1 aromatic rings. The highest BCUT2D eigenvalue weighted by Crippen LogP contribution is 2.00. The van der Waals surface area contributed by atoms with Gasteiger partial charge < -0.3 is 14.7 Å². The van der Waals surface area contributed by atoms with E-state index in [4.69, 9.17) is 4.52 Å². The standard InChI is InChI=1S/C11H19N3O2/c1-9-7-10(13-16-9)8-12-6-4-5-11(15)14(2)3/h7,12H,4-6,8H2,1-3H3. The number of nitrogens with zero attached hydrogens (tertiary/aromatic N) is 2. The van der Waals surface area contributed by atoms with Gasteiger partial charge in [0.25, 0.3) is 0 Å². The van der Waals surface area contributed by atoms with Gasteiger partial charge in [0, 0.05) is 33.1 Å². The molecule has 0 unspecified atom stereocenters. The second-order valence-corrected chi connectivity index (χ2v) is 4.00. The van der Waals surface area contributed by atoms with Crippen LogP contribution in [0.1, 0.15) is 24.3 Å². The molecule has 5 heteroatoms. The summed E-state index contributed by atoms with van der Waals surface area (Å²) in [4.78, 5) is 12.9. The minimum absolute atomic E-state index is 0.166. The third-order valence-electron chi connectivity index (χ3n) is 2.23. The van der Waals surface area contributed by atoms with E-state index in [1.807, 2.05) is 13.0 Å². The van der Waals surface area contributed by atoms with Crippen LogP contribution in [0.25, 0.3) is 0 Å². The number of hydrogen-bond acceptors (Lipinski definition) is 4. The van der Waals surface area contributed by atoms with Crippen LogP contribution in [0.3, 0.4) is 0 Å². The molecule has 0 saturated heterocycles. The molecule has 1 aromatic heterocycles. The number of carbonyl (C=O) groups is 1. The van der Waals surface area contributed by atoms with Crippen molar-refractivity contribution in [3.05, 3.63) is 17.5 Å². The Balaban J connectivity index is 2.06. The molecular formula is C11H19N3O2. The Labute approximate surface area is 95.8 Å². The van der Waals surface area contributed by atoms with Gasteiger partial charge in [0.05, 0.1) is 5.69 Å². The van der Waals surface area contributed by atoms with Gasteiger partial charge in [-0.1, -0.05) is 5.16 Å². The van der Waals surface area contributed by atoms with Gasteiger partial charge in [-0.3, -0.25) is 4.79 Å². The van der Waals surface area contributed by atoms with Crippen molar-refractivity contribution in [2.45, 2.75) is 26.3 Å². The van der Waals surface area contributed by atoms with E-state index in [-0.39, 0.29) is 5.91 Å². The Morgan fingerprint density at radius 1 is 1.56 bits per heavy atom. The maximum Gasteiger partial charge on any atom is 0.222 e. The first-order chi connectivity index (χ1) is 7.59. The van der Waals surface area contributed by atoms with Gasteiger partial charge in [0.2, 0.25) is 5.91 Å². The summed E-state index contributed by atoms with van der Waals surface area (Å²) < 4.78 is 4.94. The molecule has 0 radical (unpaired) electrons. The van der Waals surface area contributed by atoms with Crippen LogP contribution in [-0.4, -0.2) is 36.6 Å². The number of amides is 1. The van der Waals surface area contributed by atoms with E-state index in [0.29, 0.717) is 13.0 Å². The molecule has 0 aliphatic heterocycles. The van der Waals surface area contributed by atoms with Crippen LogP contribution in [0.4, 0.5) is 0 Å². The number of carbonyl (C=O) groups excluding carboxylic acids is 1. The van der Waals surface area contributed by atoms with E-state index < -0.39 is 0 Å². The predicted molar refractivity (Wildman–Crippen MR) is 60.9 cm³/mol. The van der Waals surface area contributed by atoms with Crippen LogP contribution in [0.2, 0.25) is 0 Å². The second-order valence-electron chi connectivity index (χ2n) is 4.00. The molecule has 1 N–H and O–H groups in total. The Morgan fingerprint density at radius 2 is 2.31 bits per heavy atom. The molecule has 0 spiro atoms. The zero-order valence-electron chi connectivity index (χ0n) is 10.1. The first kappa shape index (κ1) is 12.7. The van der Waals surface area contributed by atoms with Crippen molar-refractivity contribution in [1.82, 2.24) is 15.4 Å². The Morgan fingerprint density at radius 3 is 2.88 bits per heavy atom.